The van der Waals surface area contributed by atoms with Gasteiger partial charge in [0.15, 0.2) is 5.82 Å². The number of rotatable bonds is 10. The van der Waals surface area contributed by atoms with E-state index in [9.17, 15) is 27.6 Å². The number of alkyl carbamates (subject to hydrolysis) is 1. The Morgan fingerprint density at radius 2 is 1.85 bits per heavy atom. The van der Waals surface area contributed by atoms with Crippen LogP contribution >= 0.6 is 11.3 Å². The first-order valence-corrected chi connectivity index (χ1v) is 20.8. The molecule has 3 N–H and O–H groups in total. The minimum atomic E-state index is -3.91. The van der Waals surface area contributed by atoms with Crippen LogP contribution in [-0.4, -0.2) is 92.7 Å². The van der Waals surface area contributed by atoms with Crippen LogP contribution in [0.25, 0.3) is 21.7 Å². The van der Waals surface area contributed by atoms with E-state index in [1.165, 1.54) is 22.3 Å². The molecule has 3 aromatic heterocycles. The molecule has 0 aromatic carbocycles. The summed E-state index contributed by atoms with van der Waals surface area (Å²) in [5.41, 5.74) is -1.17. The summed E-state index contributed by atoms with van der Waals surface area (Å²) in [5, 5.41) is 6.82. The van der Waals surface area contributed by atoms with Crippen molar-refractivity contribution in [2.75, 3.05) is 0 Å². The lowest BCUT2D eigenvalue weighted by molar-refractivity contribution is -0.143. The zero-order valence-electron chi connectivity index (χ0n) is 30.4. The molecule has 15 nitrogen and oxygen atoms in total. The maximum absolute atomic E-state index is 14.7. The largest absolute Gasteiger partial charge is 0.471 e. The lowest BCUT2D eigenvalue weighted by atomic mass is 10.0. The maximum atomic E-state index is 14.7. The normalized spacial score (nSPS) is 27.1. The van der Waals surface area contributed by atoms with Crippen LogP contribution in [0.5, 0.6) is 5.88 Å². The van der Waals surface area contributed by atoms with E-state index < -0.39 is 80.4 Å². The molecule has 7 rings (SSSR count). The average molecular weight is 780 g/mol. The molecule has 0 spiro atoms. The van der Waals surface area contributed by atoms with Crippen LogP contribution in [-0.2, 0) is 29.1 Å². The van der Waals surface area contributed by atoms with Gasteiger partial charge in [0.05, 0.1) is 16.8 Å². The van der Waals surface area contributed by atoms with Gasteiger partial charge in [-0.25, -0.2) is 18.2 Å². The number of sulfonamides is 1. The van der Waals surface area contributed by atoms with Crippen molar-refractivity contribution in [1.82, 2.24) is 35.2 Å². The number of amides is 4. The molecular formula is C37H45N7O8S2. The lowest BCUT2D eigenvalue weighted by Crippen LogP contribution is -2.59. The van der Waals surface area contributed by atoms with Crippen molar-refractivity contribution in [3.05, 3.63) is 48.5 Å². The second kappa shape index (κ2) is 14.5. The zero-order chi connectivity index (χ0) is 38.4. The van der Waals surface area contributed by atoms with Crippen LogP contribution in [0.15, 0.2) is 48.5 Å². The monoisotopic (exact) mass is 779 g/mol. The first kappa shape index (κ1) is 37.7. The van der Waals surface area contributed by atoms with E-state index in [1.807, 2.05) is 17.5 Å². The highest BCUT2D eigenvalue weighted by Gasteiger charge is 2.62. The molecule has 4 amide bonds. The van der Waals surface area contributed by atoms with Gasteiger partial charge in [-0.05, 0) is 76.5 Å². The Morgan fingerprint density at radius 3 is 2.54 bits per heavy atom. The number of hydrogen-bond donors (Lipinski definition) is 3. The molecule has 3 unspecified atom stereocenters. The highest BCUT2D eigenvalue weighted by atomic mass is 32.2. The van der Waals surface area contributed by atoms with Crippen LogP contribution in [0, 0.1) is 5.92 Å². The maximum Gasteiger partial charge on any atom is 0.408 e. The summed E-state index contributed by atoms with van der Waals surface area (Å²) in [6, 6.07) is 4.51. The molecule has 4 aliphatic rings. The Kier molecular flexibility index (Phi) is 10.1. The number of hydrogen-bond acceptors (Lipinski definition) is 12. The standard InChI is InChI=1S/C37H45N7O8S2/c1-5-21-20-37(21,34(47)43-54(49,50)22-14-15-22)42-31(45)27-19-28(51-32-29-23(16-18-53-29)39-30(41-32)24-11-9-10-17-38-24)26-13-8-6-7-12-25(33(46)44(26)27)40-35(48)52-36(2,3)4/h5,9-11,16-18,21-22,25-28H,1,6-8,12-15,19-20H2,2-4H3,(H,40,48)(H,42,45)(H,43,47)/t21-,25?,26?,27+,28-,37?/m1/s1. The third kappa shape index (κ3) is 7.78. The third-order valence-corrected chi connectivity index (χ3v) is 13.0. The molecule has 0 radical (unpaired) electrons. The molecule has 3 aromatic rings. The van der Waals surface area contributed by atoms with Crippen molar-refractivity contribution < 1.29 is 37.1 Å². The van der Waals surface area contributed by atoms with E-state index in [0.717, 1.165) is 6.42 Å². The smallest absolute Gasteiger partial charge is 0.408 e. The first-order valence-electron chi connectivity index (χ1n) is 18.3. The summed E-state index contributed by atoms with van der Waals surface area (Å²) in [7, 11) is -3.91. The number of carbonyl (C=O) groups excluding carboxylic acids is 4. The second-order valence-corrected chi connectivity index (χ2v) is 18.3. The predicted molar refractivity (Wildman–Crippen MR) is 200 cm³/mol. The number of nitrogens with zero attached hydrogens (tertiary/aromatic N) is 4. The summed E-state index contributed by atoms with van der Waals surface area (Å²) in [6.45, 7) is 8.98. The molecule has 17 heteroatoms. The molecule has 54 heavy (non-hydrogen) atoms. The van der Waals surface area contributed by atoms with Crippen LogP contribution in [0.2, 0.25) is 0 Å². The van der Waals surface area contributed by atoms with Crippen molar-refractivity contribution in [2.24, 2.45) is 5.92 Å². The summed E-state index contributed by atoms with van der Waals surface area (Å²) in [5.74, 6) is -1.85. The Labute approximate surface area is 317 Å². The first-order chi connectivity index (χ1) is 25.7. The van der Waals surface area contributed by atoms with Gasteiger partial charge in [-0.3, -0.25) is 24.1 Å². The quantitative estimate of drug-likeness (QED) is 0.252. The Bertz CT molecular complexity index is 2070. The summed E-state index contributed by atoms with van der Waals surface area (Å²) in [4.78, 5) is 71.1. The molecule has 6 atom stereocenters. The van der Waals surface area contributed by atoms with E-state index in [2.05, 4.69) is 31.9 Å². The fourth-order valence-corrected chi connectivity index (χ4v) is 9.48. The van der Waals surface area contributed by atoms with Gasteiger partial charge in [0.25, 0.3) is 5.91 Å². The van der Waals surface area contributed by atoms with E-state index >= 15 is 0 Å². The summed E-state index contributed by atoms with van der Waals surface area (Å²) < 4.78 is 40.6. The molecule has 2 aliphatic heterocycles. The number of nitrogens with one attached hydrogen (secondary N) is 3. The number of thiophene rings is 1. The van der Waals surface area contributed by atoms with Gasteiger partial charge in [-0.1, -0.05) is 31.4 Å². The minimum absolute atomic E-state index is 0.0357. The van der Waals surface area contributed by atoms with Gasteiger partial charge in [-0.2, -0.15) is 4.98 Å². The van der Waals surface area contributed by atoms with E-state index in [1.54, 1.807) is 39.1 Å². The molecule has 5 heterocycles. The number of pyridine rings is 1. The second-order valence-electron chi connectivity index (χ2n) is 15.4. The molecule has 288 valence electrons. The predicted octanol–water partition coefficient (Wildman–Crippen LogP) is 4.00. The lowest BCUT2D eigenvalue weighted by Gasteiger charge is -2.34. The number of ether oxygens (including phenoxy) is 2. The van der Waals surface area contributed by atoms with Crippen LogP contribution in [0.3, 0.4) is 0 Å². The fourth-order valence-electron chi connectivity index (χ4n) is 7.36. The van der Waals surface area contributed by atoms with E-state index in [4.69, 9.17) is 14.5 Å². The van der Waals surface area contributed by atoms with Gasteiger partial charge in [0.1, 0.15) is 39.7 Å². The Morgan fingerprint density at radius 1 is 1.07 bits per heavy atom. The van der Waals surface area contributed by atoms with Crippen molar-refractivity contribution in [3.63, 3.8) is 0 Å². The zero-order valence-corrected chi connectivity index (χ0v) is 32.1. The topological polar surface area (TPSA) is 199 Å². The van der Waals surface area contributed by atoms with Crippen molar-refractivity contribution in [3.8, 4) is 17.4 Å². The van der Waals surface area contributed by atoms with Gasteiger partial charge in [0.2, 0.25) is 27.7 Å². The SMILES string of the molecule is C=C[C@@H]1CC1(NC(=O)[C@@H]1C[C@@H](Oc2nc(-c3ccccn3)nc3ccsc23)C2CCCCCC(NC(=O)OC(C)(C)C)C(=O)N21)C(=O)NS(=O)(=O)C1CC1. The van der Waals surface area contributed by atoms with Crippen molar-refractivity contribution in [1.29, 1.82) is 0 Å². The molecule has 2 saturated heterocycles. The summed E-state index contributed by atoms with van der Waals surface area (Å²) in [6.07, 6.45) is 5.71. The average Bonchev–Trinajstić information content (AvgIpc) is 4.01. The summed E-state index contributed by atoms with van der Waals surface area (Å²) >= 11 is 1.40. The van der Waals surface area contributed by atoms with Gasteiger partial charge < -0.3 is 25.0 Å². The van der Waals surface area contributed by atoms with Gasteiger partial charge in [0, 0.05) is 18.5 Å². The Balaban J connectivity index is 1.23. The number of aromatic nitrogens is 3. The molecule has 0 bridgehead atoms. The van der Waals surface area contributed by atoms with Crippen molar-refractivity contribution in [2.45, 2.75) is 119 Å². The van der Waals surface area contributed by atoms with Crippen molar-refractivity contribution >= 4 is 55.4 Å². The highest BCUT2D eigenvalue weighted by Crippen LogP contribution is 2.46. The molecule has 4 fully saturated rings. The van der Waals surface area contributed by atoms with Gasteiger partial charge in [-0.15, -0.1) is 17.9 Å². The van der Waals surface area contributed by atoms with E-state index in [-0.39, 0.29) is 18.7 Å². The number of fused-ring (bicyclic) bond motifs is 2. The highest BCUT2D eigenvalue weighted by molar-refractivity contribution is 7.91. The van der Waals surface area contributed by atoms with Crippen LogP contribution in [0.1, 0.15) is 78.6 Å². The molecular weight excluding hydrogens is 735 g/mol. The van der Waals surface area contributed by atoms with Gasteiger partial charge >= 0.3 is 6.09 Å². The fraction of sp³-hybridized carbons (Fsp3) is 0.541. The minimum Gasteiger partial charge on any atom is -0.471 e. The van der Waals surface area contributed by atoms with Crippen LogP contribution < -0.4 is 20.1 Å². The third-order valence-electron chi connectivity index (χ3n) is 10.3. The Hall–Kier alpha value is -4.64. The number of carbonyl (C=O) groups is 4. The molecule has 2 saturated carbocycles. The van der Waals surface area contributed by atoms with Crippen LogP contribution in [0.4, 0.5) is 4.79 Å². The van der Waals surface area contributed by atoms with E-state index in [0.29, 0.717) is 60.3 Å². The molecule has 2 aliphatic carbocycles.